The minimum Gasteiger partial charge on any atom is -0.494 e. The molecule has 10 heteroatoms. The number of carbonyl (C=O) groups excluding carboxylic acids is 1. The fourth-order valence-electron chi connectivity index (χ4n) is 3.95. The van der Waals surface area contributed by atoms with Crippen LogP contribution in [0.2, 0.25) is 0 Å². The van der Waals surface area contributed by atoms with E-state index in [9.17, 15) is 9.59 Å². The van der Waals surface area contributed by atoms with Crippen molar-refractivity contribution >= 4 is 53.0 Å². The molecule has 0 saturated carbocycles. The third-order valence-corrected chi connectivity index (χ3v) is 6.69. The summed E-state index contributed by atoms with van der Waals surface area (Å²) in [6.07, 6.45) is 4.45. The molecule has 0 aliphatic carbocycles. The first-order valence-corrected chi connectivity index (χ1v) is 12.6. The highest BCUT2D eigenvalue weighted by Gasteiger charge is 2.14. The lowest BCUT2D eigenvalue weighted by atomic mass is 10.2. The van der Waals surface area contributed by atoms with Gasteiger partial charge in [-0.25, -0.2) is 0 Å². The number of ether oxygens (including phenoxy) is 1. The first-order valence-electron chi connectivity index (χ1n) is 11.6. The number of fused-ring (bicyclic) bond motifs is 1. The summed E-state index contributed by atoms with van der Waals surface area (Å²) in [6.45, 7) is 3.61. The van der Waals surface area contributed by atoms with Crippen LogP contribution in [0.4, 0.5) is 0 Å². The summed E-state index contributed by atoms with van der Waals surface area (Å²) in [6, 6.07) is 15.1. The van der Waals surface area contributed by atoms with Crippen molar-refractivity contribution in [3.05, 3.63) is 93.2 Å². The van der Waals surface area contributed by atoms with Crippen molar-refractivity contribution in [2.75, 3.05) is 33.3 Å². The van der Waals surface area contributed by atoms with Crippen molar-refractivity contribution in [1.29, 1.82) is 0 Å². The van der Waals surface area contributed by atoms with Gasteiger partial charge >= 0.3 is 0 Å². The number of hydrogen-bond acceptors (Lipinski definition) is 6. The molecule has 1 amide bonds. The molecule has 0 spiro atoms. The van der Waals surface area contributed by atoms with Gasteiger partial charge in [-0.1, -0.05) is 0 Å². The van der Waals surface area contributed by atoms with Crippen molar-refractivity contribution in [3.8, 4) is 5.75 Å². The molecule has 0 N–H and O–H groups in total. The van der Waals surface area contributed by atoms with E-state index in [0.717, 1.165) is 48.3 Å². The Hall–Kier alpha value is -2.91. The summed E-state index contributed by atoms with van der Waals surface area (Å²) < 4.78 is 7.65. The molecule has 37 heavy (non-hydrogen) atoms. The van der Waals surface area contributed by atoms with E-state index in [1.165, 1.54) is 16.9 Å². The molecule has 0 atom stereocenters. The van der Waals surface area contributed by atoms with Crippen molar-refractivity contribution < 1.29 is 9.53 Å². The number of thiophene rings is 1. The lowest BCUT2D eigenvalue weighted by molar-refractivity contribution is 0.0775. The summed E-state index contributed by atoms with van der Waals surface area (Å²) in [5, 5.41) is 4.78. The molecule has 0 saturated heterocycles. The van der Waals surface area contributed by atoms with Gasteiger partial charge in [0.1, 0.15) is 5.75 Å². The molecule has 198 valence electrons. The second-order valence-electron chi connectivity index (χ2n) is 8.52. The molecule has 0 radical (unpaired) electrons. The first-order chi connectivity index (χ1) is 17.0. The lowest BCUT2D eigenvalue weighted by Crippen LogP contribution is -2.36. The molecule has 0 fully saturated rings. The normalized spacial score (nSPS) is 10.6. The maximum Gasteiger partial charge on any atom is 0.254 e. The summed E-state index contributed by atoms with van der Waals surface area (Å²) in [7, 11) is 3.62. The van der Waals surface area contributed by atoms with Crippen LogP contribution in [0.1, 0.15) is 22.3 Å². The molecule has 4 rings (SSSR count). The van der Waals surface area contributed by atoms with Crippen LogP contribution in [0.15, 0.2) is 76.5 Å². The Kier molecular flexibility index (Phi) is 12.1. The number of amides is 1. The van der Waals surface area contributed by atoms with Crippen LogP contribution in [0.25, 0.3) is 10.9 Å². The zero-order valence-corrected chi connectivity index (χ0v) is 23.4. The first kappa shape index (κ1) is 30.3. The number of nitrogens with zero attached hydrogens (tertiary/aromatic N) is 4. The van der Waals surface area contributed by atoms with Gasteiger partial charge in [-0.3, -0.25) is 19.5 Å². The molecule has 0 aliphatic heterocycles. The van der Waals surface area contributed by atoms with Gasteiger partial charge in [-0.05, 0) is 59.8 Å². The van der Waals surface area contributed by atoms with Crippen molar-refractivity contribution in [2.45, 2.75) is 13.0 Å². The van der Waals surface area contributed by atoms with Gasteiger partial charge in [0, 0.05) is 69.5 Å². The Morgan fingerprint density at radius 2 is 1.81 bits per heavy atom. The molecule has 3 heterocycles. The van der Waals surface area contributed by atoms with Crippen molar-refractivity contribution in [1.82, 2.24) is 19.4 Å². The number of hydrogen-bond donors (Lipinski definition) is 0. The smallest absolute Gasteiger partial charge is 0.254 e. The molecule has 0 aliphatic rings. The zero-order chi connectivity index (χ0) is 24.6. The van der Waals surface area contributed by atoms with Crippen LogP contribution in [0.5, 0.6) is 5.75 Å². The molecular formula is C27H32Cl2N4O3S. The maximum absolute atomic E-state index is 12.6. The topological polar surface area (TPSA) is 67.7 Å². The Morgan fingerprint density at radius 3 is 2.54 bits per heavy atom. The van der Waals surface area contributed by atoms with E-state index in [2.05, 4.69) is 9.88 Å². The van der Waals surface area contributed by atoms with Crippen molar-refractivity contribution in [3.63, 3.8) is 0 Å². The Morgan fingerprint density at radius 1 is 1.03 bits per heavy atom. The molecule has 7 nitrogen and oxygen atoms in total. The van der Waals surface area contributed by atoms with E-state index in [1.54, 1.807) is 35.0 Å². The van der Waals surface area contributed by atoms with Crippen LogP contribution in [-0.4, -0.2) is 58.5 Å². The number of carbonyl (C=O) groups is 1. The highest BCUT2D eigenvalue weighted by Crippen LogP contribution is 2.19. The van der Waals surface area contributed by atoms with Gasteiger partial charge in [0.15, 0.2) is 0 Å². The number of aromatic nitrogens is 2. The van der Waals surface area contributed by atoms with E-state index in [4.69, 9.17) is 4.74 Å². The monoisotopic (exact) mass is 562 g/mol. The van der Waals surface area contributed by atoms with Gasteiger partial charge in [0.05, 0.1) is 17.7 Å². The number of likely N-dealkylation sites (N-methyl/N-ethyl adjacent to an activating group) is 1. The number of benzene rings is 1. The van der Waals surface area contributed by atoms with Crippen LogP contribution < -0.4 is 10.3 Å². The number of halogens is 2. The summed E-state index contributed by atoms with van der Waals surface area (Å²) >= 11 is 1.53. The average molecular weight is 564 g/mol. The third kappa shape index (κ3) is 8.30. The van der Waals surface area contributed by atoms with Crippen molar-refractivity contribution in [2.24, 2.45) is 7.05 Å². The SMILES string of the molecule is CN(CCN(CCCOc1ccc2c(ccc(=O)n2C)c1)Cc1ccncc1)C(=O)c1ccsc1.Cl.Cl. The molecule has 0 bridgehead atoms. The minimum absolute atomic E-state index is 0. The minimum atomic E-state index is -0.0249. The molecule has 4 aromatic rings. The van der Waals surface area contributed by atoms with E-state index in [1.807, 2.05) is 60.3 Å². The van der Waals surface area contributed by atoms with Gasteiger partial charge in [0.25, 0.3) is 11.5 Å². The van der Waals surface area contributed by atoms with Gasteiger partial charge in [-0.2, -0.15) is 11.3 Å². The van der Waals surface area contributed by atoms with Crippen LogP contribution in [0.3, 0.4) is 0 Å². The Bertz CT molecular complexity index is 1320. The Balaban J connectivity index is 0.00000241. The number of aryl methyl sites for hydroxylation is 1. The quantitative estimate of drug-likeness (QED) is 0.244. The van der Waals surface area contributed by atoms with Gasteiger partial charge in [-0.15, -0.1) is 24.8 Å². The highest BCUT2D eigenvalue weighted by molar-refractivity contribution is 7.08. The predicted octanol–water partition coefficient (Wildman–Crippen LogP) is 4.88. The summed E-state index contributed by atoms with van der Waals surface area (Å²) in [4.78, 5) is 32.6. The largest absolute Gasteiger partial charge is 0.494 e. The third-order valence-electron chi connectivity index (χ3n) is 6.01. The van der Waals surface area contributed by atoms with Gasteiger partial charge < -0.3 is 14.2 Å². The lowest BCUT2D eigenvalue weighted by Gasteiger charge is -2.25. The average Bonchev–Trinajstić information content (AvgIpc) is 3.42. The maximum atomic E-state index is 12.6. The van der Waals surface area contributed by atoms with Crippen LogP contribution in [0, 0.1) is 0 Å². The van der Waals surface area contributed by atoms with E-state index >= 15 is 0 Å². The second-order valence-corrected chi connectivity index (χ2v) is 9.30. The zero-order valence-electron chi connectivity index (χ0n) is 20.9. The van der Waals surface area contributed by atoms with Crippen LogP contribution in [-0.2, 0) is 13.6 Å². The summed E-state index contributed by atoms with van der Waals surface area (Å²) in [5.41, 5.74) is 2.78. The molecule has 1 aromatic carbocycles. The summed E-state index contributed by atoms with van der Waals surface area (Å²) in [5.74, 6) is 0.838. The molecular weight excluding hydrogens is 531 g/mol. The number of rotatable bonds is 11. The van der Waals surface area contributed by atoms with E-state index < -0.39 is 0 Å². The highest BCUT2D eigenvalue weighted by atomic mass is 35.5. The van der Waals surface area contributed by atoms with E-state index in [0.29, 0.717) is 13.2 Å². The standard InChI is InChI=1S/C27H30N4O3S.2ClH/c1-29(27(33)23-10-17-35-20-23)14-15-31(19-21-8-11-28-12-9-21)13-3-16-34-24-5-6-25-22(18-24)4-7-26(32)30(25)2;;/h4-12,17-18,20H,3,13-16,19H2,1-2H3;2*1H. The fourth-order valence-corrected chi connectivity index (χ4v) is 4.58. The second kappa shape index (κ2) is 14.7. The Labute approximate surface area is 233 Å². The molecule has 0 unspecified atom stereocenters. The predicted molar refractivity (Wildman–Crippen MR) is 155 cm³/mol. The van der Waals surface area contributed by atoms with Crippen LogP contribution >= 0.6 is 36.2 Å². The molecule has 3 aromatic heterocycles. The number of pyridine rings is 2. The van der Waals surface area contributed by atoms with E-state index in [-0.39, 0.29) is 36.3 Å². The van der Waals surface area contributed by atoms with Gasteiger partial charge in [0.2, 0.25) is 0 Å². The fraction of sp³-hybridized carbons (Fsp3) is 0.296.